The van der Waals surface area contributed by atoms with E-state index < -0.39 is 0 Å². The molecule has 0 unspecified atom stereocenters. The third-order valence-corrected chi connectivity index (χ3v) is 7.24. The predicted octanol–water partition coefficient (Wildman–Crippen LogP) is 7.04. The van der Waals surface area contributed by atoms with Gasteiger partial charge in [-0.05, 0) is 102 Å². The second-order valence-electron chi connectivity index (χ2n) is 8.92. The van der Waals surface area contributed by atoms with Crippen molar-refractivity contribution in [3.05, 3.63) is 57.7 Å². The third-order valence-electron chi connectivity index (χ3n) is 6.78. The van der Waals surface area contributed by atoms with Gasteiger partial charge in [0.25, 0.3) is 0 Å². The largest absolute Gasteiger partial charge is 0.371 e. The van der Waals surface area contributed by atoms with E-state index >= 15 is 0 Å². The van der Waals surface area contributed by atoms with Gasteiger partial charge in [0.1, 0.15) is 5.65 Å². The van der Waals surface area contributed by atoms with Gasteiger partial charge in [-0.25, -0.2) is 4.98 Å². The highest BCUT2D eigenvalue weighted by molar-refractivity contribution is 9.10. The fraction of sp³-hybridized carbons (Fsp3) is 0.462. The highest BCUT2D eigenvalue weighted by atomic mass is 79.9. The Morgan fingerprint density at radius 2 is 1.67 bits per heavy atom. The molecule has 0 amide bonds. The van der Waals surface area contributed by atoms with E-state index in [2.05, 4.69) is 78.2 Å². The molecule has 0 saturated carbocycles. The van der Waals surface area contributed by atoms with Gasteiger partial charge in [-0.2, -0.15) is 0 Å². The average molecular weight is 466 g/mol. The van der Waals surface area contributed by atoms with Gasteiger partial charge in [0, 0.05) is 40.0 Å². The summed E-state index contributed by atoms with van der Waals surface area (Å²) < 4.78 is 3.50. The molecule has 1 aromatic carbocycles. The first-order valence-electron chi connectivity index (χ1n) is 11.0. The molecule has 0 aliphatic carbocycles. The Balaban J connectivity index is 1.88. The molecule has 1 fully saturated rings. The first-order chi connectivity index (χ1) is 14.3. The van der Waals surface area contributed by atoms with Crippen LogP contribution in [0, 0.1) is 47.5 Å². The van der Waals surface area contributed by atoms with Gasteiger partial charge in [0.05, 0.1) is 5.69 Å². The van der Waals surface area contributed by atoms with E-state index in [9.17, 15) is 0 Å². The minimum atomic E-state index is 0.769. The molecule has 4 heteroatoms. The van der Waals surface area contributed by atoms with Crippen molar-refractivity contribution in [3.63, 3.8) is 0 Å². The molecule has 3 nitrogen and oxygen atoms in total. The fourth-order valence-corrected chi connectivity index (χ4v) is 5.83. The second-order valence-corrected chi connectivity index (χ2v) is 9.84. The third kappa shape index (κ3) is 3.68. The van der Waals surface area contributed by atoms with Crippen molar-refractivity contribution < 1.29 is 0 Å². The summed E-state index contributed by atoms with van der Waals surface area (Å²) in [6, 6.07) is 6.67. The maximum Gasteiger partial charge on any atom is 0.147 e. The quantitative estimate of drug-likeness (QED) is 0.411. The van der Waals surface area contributed by atoms with E-state index in [1.165, 1.54) is 52.0 Å². The summed E-state index contributed by atoms with van der Waals surface area (Å²) in [6.45, 7) is 19.0. The molecule has 2 aromatic heterocycles. The zero-order chi connectivity index (χ0) is 21.6. The van der Waals surface area contributed by atoms with E-state index in [-0.39, 0.29) is 0 Å². The second kappa shape index (κ2) is 8.37. The number of aromatic nitrogens is 2. The summed E-state index contributed by atoms with van der Waals surface area (Å²) in [6.07, 6.45) is 4.40. The minimum absolute atomic E-state index is 0.769. The monoisotopic (exact) mass is 465 g/mol. The molecule has 3 heterocycles. The van der Waals surface area contributed by atoms with Gasteiger partial charge in [-0.1, -0.05) is 22.4 Å². The van der Waals surface area contributed by atoms with Crippen LogP contribution in [0.3, 0.4) is 0 Å². The summed E-state index contributed by atoms with van der Waals surface area (Å²) in [5.74, 6) is 0.769. The Labute approximate surface area is 189 Å². The molecule has 1 aliphatic heterocycles. The average Bonchev–Trinajstić information content (AvgIpc) is 2.92. The van der Waals surface area contributed by atoms with Gasteiger partial charge in [0.2, 0.25) is 0 Å². The van der Waals surface area contributed by atoms with Crippen LogP contribution in [0.5, 0.6) is 0 Å². The molecule has 0 spiro atoms. The van der Waals surface area contributed by atoms with E-state index in [0.717, 1.165) is 47.7 Å². The van der Waals surface area contributed by atoms with Crippen LogP contribution in [0.1, 0.15) is 53.8 Å². The highest BCUT2D eigenvalue weighted by Gasteiger charge is 2.25. The molecule has 2 radical (unpaired) electrons. The Bertz CT molecular complexity index is 1060. The number of pyridine rings is 1. The maximum atomic E-state index is 5.80. The van der Waals surface area contributed by atoms with Crippen LogP contribution in [-0.4, -0.2) is 22.6 Å². The van der Waals surface area contributed by atoms with E-state index in [1.807, 2.05) is 0 Å². The van der Waals surface area contributed by atoms with Crippen LogP contribution in [-0.2, 0) is 0 Å². The van der Waals surface area contributed by atoms with Crippen molar-refractivity contribution in [1.29, 1.82) is 0 Å². The van der Waals surface area contributed by atoms with Crippen LogP contribution in [0.25, 0.3) is 16.7 Å². The molecular weight excluding hydrogens is 434 g/mol. The van der Waals surface area contributed by atoms with Crippen LogP contribution in [0.15, 0.2) is 22.7 Å². The Morgan fingerprint density at radius 1 is 1.03 bits per heavy atom. The van der Waals surface area contributed by atoms with Crippen LogP contribution in [0.2, 0.25) is 0 Å². The van der Waals surface area contributed by atoms with Crippen LogP contribution < -0.4 is 4.90 Å². The molecule has 1 saturated heterocycles. The number of hydrogen-bond donors (Lipinski definition) is 0. The highest BCUT2D eigenvalue weighted by Crippen LogP contribution is 2.38. The van der Waals surface area contributed by atoms with Gasteiger partial charge in [-0.15, -0.1) is 0 Å². The van der Waals surface area contributed by atoms with Crippen molar-refractivity contribution in [2.45, 2.75) is 60.3 Å². The summed E-state index contributed by atoms with van der Waals surface area (Å²) in [7, 11) is 0. The summed E-state index contributed by atoms with van der Waals surface area (Å²) in [5, 5.41) is 1.30. The van der Waals surface area contributed by atoms with Crippen molar-refractivity contribution in [1.82, 2.24) is 9.55 Å². The number of hydrogen-bond acceptors (Lipinski definition) is 2. The van der Waals surface area contributed by atoms with E-state index in [1.54, 1.807) is 0 Å². The SMILES string of the molecule is [CH]CCC1CCN(c2cc(C)nc3c2c(C)c(C)n3-c2c(C)cc(Br)cc2C)CC1. The number of aryl methyl sites for hydroxylation is 4. The lowest BCUT2D eigenvalue weighted by Gasteiger charge is -2.34. The zero-order valence-electron chi connectivity index (χ0n) is 18.8. The van der Waals surface area contributed by atoms with Crippen molar-refractivity contribution in [2.75, 3.05) is 18.0 Å². The van der Waals surface area contributed by atoms with Crippen LogP contribution in [0.4, 0.5) is 5.69 Å². The lowest BCUT2D eigenvalue weighted by molar-refractivity contribution is 0.384. The van der Waals surface area contributed by atoms with Crippen LogP contribution >= 0.6 is 15.9 Å². The van der Waals surface area contributed by atoms with Gasteiger partial charge in [0.15, 0.2) is 0 Å². The van der Waals surface area contributed by atoms with Crippen molar-refractivity contribution >= 4 is 32.7 Å². The van der Waals surface area contributed by atoms with Gasteiger partial charge >= 0.3 is 0 Å². The smallest absolute Gasteiger partial charge is 0.147 e. The normalized spacial score (nSPS) is 15.4. The van der Waals surface area contributed by atoms with Gasteiger partial charge in [-0.3, -0.25) is 4.57 Å². The molecule has 0 atom stereocenters. The maximum absolute atomic E-state index is 5.80. The van der Waals surface area contributed by atoms with Crippen molar-refractivity contribution in [3.8, 4) is 5.69 Å². The molecule has 3 aromatic rings. The molecule has 4 rings (SSSR count). The Morgan fingerprint density at radius 3 is 2.27 bits per heavy atom. The molecular formula is C26H32BrN3. The van der Waals surface area contributed by atoms with Gasteiger partial charge < -0.3 is 4.90 Å². The first kappa shape index (κ1) is 21.4. The summed E-state index contributed by atoms with van der Waals surface area (Å²) >= 11 is 3.64. The van der Waals surface area contributed by atoms with E-state index in [0.29, 0.717) is 0 Å². The zero-order valence-corrected chi connectivity index (χ0v) is 20.4. The number of halogens is 1. The lowest BCUT2D eigenvalue weighted by atomic mass is 9.92. The minimum Gasteiger partial charge on any atom is -0.371 e. The standard InChI is InChI=1S/C26H32BrN3/c1-7-8-21-9-11-29(12-10-21)23-15-18(4)28-26-24(23)19(5)20(6)30(26)25-16(2)13-22(27)14-17(25)3/h1,13-15,21H,7-12H2,2-6H3. The predicted molar refractivity (Wildman–Crippen MR) is 131 cm³/mol. The Kier molecular flexibility index (Phi) is 5.98. The molecule has 1 aliphatic rings. The fourth-order valence-electron chi connectivity index (χ4n) is 5.15. The molecule has 0 N–H and O–H groups in total. The number of anilines is 1. The molecule has 30 heavy (non-hydrogen) atoms. The summed E-state index contributed by atoms with van der Waals surface area (Å²) in [5.41, 5.74) is 9.87. The number of fused-ring (bicyclic) bond motifs is 1. The number of benzene rings is 1. The molecule has 158 valence electrons. The topological polar surface area (TPSA) is 21.1 Å². The Hall–Kier alpha value is -1.81. The number of nitrogens with zero attached hydrogens (tertiary/aromatic N) is 3. The molecule has 0 bridgehead atoms. The number of piperidine rings is 1. The summed E-state index contributed by atoms with van der Waals surface area (Å²) in [4.78, 5) is 7.62. The van der Waals surface area contributed by atoms with E-state index in [4.69, 9.17) is 11.9 Å². The number of rotatable bonds is 4. The van der Waals surface area contributed by atoms with Crippen molar-refractivity contribution in [2.24, 2.45) is 5.92 Å². The lowest BCUT2D eigenvalue weighted by Crippen LogP contribution is -2.33. The first-order valence-corrected chi connectivity index (χ1v) is 11.8.